The van der Waals surface area contributed by atoms with Crippen molar-refractivity contribution in [2.45, 2.75) is 19.3 Å². The maximum Gasteiger partial charge on any atom is 0.0579 e. The Kier molecular flexibility index (Phi) is 3.00. The Bertz CT molecular complexity index is 1880. The number of hydrogen-bond donors (Lipinski definition) is 0. The molecular weight excluding hydrogens is 410 g/mol. The van der Waals surface area contributed by atoms with Gasteiger partial charge in [0, 0.05) is 22.8 Å². The zero-order valence-corrected chi connectivity index (χ0v) is 18.7. The quantitative estimate of drug-likeness (QED) is 0.231. The van der Waals surface area contributed by atoms with Crippen molar-refractivity contribution in [2.75, 3.05) is 0 Å². The van der Waals surface area contributed by atoms with Crippen molar-refractivity contribution in [3.63, 3.8) is 0 Å². The summed E-state index contributed by atoms with van der Waals surface area (Å²) in [5.41, 5.74) is 18.5. The van der Waals surface area contributed by atoms with Crippen LogP contribution >= 0.6 is 0 Å². The van der Waals surface area contributed by atoms with Gasteiger partial charge in [0.1, 0.15) is 0 Å². The van der Waals surface area contributed by atoms with Crippen molar-refractivity contribution in [1.29, 1.82) is 0 Å². The summed E-state index contributed by atoms with van der Waals surface area (Å²) < 4.78 is 2.61. The van der Waals surface area contributed by atoms with Crippen LogP contribution in [-0.2, 0) is 19.3 Å². The number of aromatic nitrogens is 1. The number of nitrogens with zero attached hydrogens (tertiary/aromatic N) is 1. The molecule has 6 aromatic rings. The minimum absolute atomic E-state index is 1.00. The molecule has 2 heterocycles. The molecule has 0 saturated heterocycles. The Morgan fingerprint density at radius 1 is 0.471 bits per heavy atom. The molecule has 1 aliphatic heterocycles. The molecule has 34 heavy (non-hydrogen) atoms. The van der Waals surface area contributed by atoms with Gasteiger partial charge in [-0.2, -0.15) is 0 Å². The van der Waals surface area contributed by atoms with Gasteiger partial charge in [-0.15, -0.1) is 0 Å². The van der Waals surface area contributed by atoms with Crippen LogP contribution in [-0.4, -0.2) is 4.57 Å². The second-order valence-electron chi connectivity index (χ2n) is 10.1. The van der Waals surface area contributed by atoms with E-state index in [1.165, 1.54) is 83.1 Å². The smallest absolute Gasteiger partial charge is 0.0579 e. The van der Waals surface area contributed by atoms with E-state index in [1.807, 2.05) is 0 Å². The number of hydrogen-bond acceptors (Lipinski definition) is 0. The van der Waals surface area contributed by atoms with Crippen molar-refractivity contribution in [1.82, 2.24) is 4.57 Å². The van der Waals surface area contributed by atoms with Crippen molar-refractivity contribution in [2.24, 2.45) is 0 Å². The van der Waals surface area contributed by atoms with E-state index in [9.17, 15) is 0 Å². The molecule has 0 fully saturated rings. The fraction of sp³-hybridized carbons (Fsp3) is 0.0909. The van der Waals surface area contributed by atoms with E-state index in [4.69, 9.17) is 0 Å². The lowest BCUT2D eigenvalue weighted by molar-refractivity contribution is 1.04. The van der Waals surface area contributed by atoms with E-state index in [-0.39, 0.29) is 0 Å². The number of rotatable bonds is 0. The van der Waals surface area contributed by atoms with Crippen LogP contribution in [0.15, 0.2) is 91.0 Å². The topological polar surface area (TPSA) is 4.93 Å². The molecule has 0 unspecified atom stereocenters. The molecule has 0 atom stereocenters. The van der Waals surface area contributed by atoms with Gasteiger partial charge in [-0.3, -0.25) is 0 Å². The maximum absolute atomic E-state index is 2.61. The summed E-state index contributed by atoms with van der Waals surface area (Å²) in [6.45, 7) is 0. The summed E-state index contributed by atoms with van der Waals surface area (Å²) in [6.07, 6.45) is 3.06. The molecule has 158 valence electrons. The Labute approximate surface area is 197 Å². The molecule has 0 saturated carbocycles. The molecule has 5 aromatic carbocycles. The molecule has 0 N–H and O–H groups in total. The van der Waals surface area contributed by atoms with E-state index in [1.54, 1.807) is 0 Å². The van der Waals surface area contributed by atoms with Crippen molar-refractivity contribution in [3.05, 3.63) is 124 Å². The molecule has 0 radical (unpaired) electrons. The third-order valence-corrected chi connectivity index (χ3v) is 8.40. The van der Waals surface area contributed by atoms with Crippen LogP contribution in [0.1, 0.15) is 33.4 Å². The zero-order chi connectivity index (χ0) is 22.0. The van der Waals surface area contributed by atoms with E-state index in [0.29, 0.717) is 0 Å². The number of para-hydroxylation sites is 1. The summed E-state index contributed by atoms with van der Waals surface area (Å²) in [5.74, 6) is 0. The van der Waals surface area contributed by atoms with Gasteiger partial charge in [-0.1, -0.05) is 78.9 Å². The average molecular weight is 432 g/mol. The summed E-state index contributed by atoms with van der Waals surface area (Å²) in [7, 11) is 0. The molecule has 3 aliphatic rings. The van der Waals surface area contributed by atoms with Crippen LogP contribution < -0.4 is 0 Å². The first-order valence-corrected chi connectivity index (χ1v) is 12.3. The van der Waals surface area contributed by atoms with Crippen LogP contribution in [0.3, 0.4) is 0 Å². The predicted octanol–water partition coefficient (Wildman–Crippen LogP) is 7.83. The molecule has 9 rings (SSSR count). The Balaban J connectivity index is 1.45. The maximum atomic E-state index is 2.61. The largest absolute Gasteiger partial charge is 0.308 e. The van der Waals surface area contributed by atoms with Crippen molar-refractivity contribution < 1.29 is 0 Å². The minimum atomic E-state index is 1.00. The molecule has 0 amide bonds. The highest BCUT2D eigenvalue weighted by molar-refractivity contribution is 6.13. The van der Waals surface area contributed by atoms with E-state index in [2.05, 4.69) is 95.6 Å². The monoisotopic (exact) mass is 431 g/mol. The van der Waals surface area contributed by atoms with Gasteiger partial charge in [0.25, 0.3) is 0 Å². The van der Waals surface area contributed by atoms with Crippen LogP contribution in [0.2, 0.25) is 0 Å². The fourth-order valence-corrected chi connectivity index (χ4v) is 6.99. The zero-order valence-electron chi connectivity index (χ0n) is 18.7. The summed E-state index contributed by atoms with van der Waals surface area (Å²) in [5, 5.41) is 2.76. The highest BCUT2D eigenvalue weighted by Crippen LogP contribution is 2.49. The first-order chi connectivity index (χ1) is 16.8. The molecule has 1 aromatic heterocycles. The summed E-state index contributed by atoms with van der Waals surface area (Å²) >= 11 is 0. The highest BCUT2D eigenvalue weighted by atomic mass is 15.0. The molecule has 1 nitrogen and oxygen atoms in total. The van der Waals surface area contributed by atoms with E-state index in [0.717, 1.165) is 19.3 Å². The lowest BCUT2D eigenvalue weighted by Crippen LogP contribution is -2.10. The van der Waals surface area contributed by atoms with Gasteiger partial charge < -0.3 is 4.57 Å². The van der Waals surface area contributed by atoms with Crippen molar-refractivity contribution in [3.8, 4) is 27.9 Å². The number of benzene rings is 5. The van der Waals surface area contributed by atoms with Crippen LogP contribution in [0.25, 0.3) is 49.7 Å². The van der Waals surface area contributed by atoms with E-state index >= 15 is 0 Å². The minimum Gasteiger partial charge on any atom is -0.308 e. The van der Waals surface area contributed by atoms with Gasteiger partial charge in [0.2, 0.25) is 0 Å². The van der Waals surface area contributed by atoms with Crippen LogP contribution in [0.4, 0.5) is 0 Å². The van der Waals surface area contributed by atoms with Crippen molar-refractivity contribution >= 4 is 21.8 Å². The third-order valence-electron chi connectivity index (χ3n) is 8.40. The van der Waals surface area contributed by atoms with Gasteiger partial charge in [-0.25, -0.2) is 0 Å². The summed E-state index contributed by atoms with van der Waals surface area (Å²) in [4.78, 5) is 0. The first-order valence-electron chi connectivity index (χ1n) is 12.3. The van der Waals surface area contributed by atoms with Gasteiger partial charge in [0.05, 0.1) is 16.7 Å². The fourth-order valence-electron chi connectivity index (χ4n) is 6.99. The van der Waals surface area contributed by atoms with Gasteiger partial charge >= 0.3 is 0 Å². The van der Waals surface area contributed by atoms with Gasteiger partial charge in [0.15, 0.2) is 0 Å². The van der Waals surface area contributed by atoms with Crippen LogP contribution in [0, 0.1) is 0 Å². The second-order valence-corrected chi connectivity index (χ2v) is 10.1. The number of fused-ring (bicyclic) bond motifs is 12. The van der Waals surface area contributed by atoms with E-state index < -0.39 is 0 Å². The summed E-state index contributed by atoms with van der Waals surface area (Å²) in [6, 6.07) is 34.5. The Hall–Kier alpha value is -4.10. The van der Waals surface area contributed by atoms with Gasteiger partial charge in [-0.05, 0) is 75.0 Å². The lowest BCUT2D eigenvalue weighted by Gasteiger charge is -2.24. The Morgan fingerprint density at radius 2 is 1.18 bits per heavy atom. The van der Waals surface area contributed by atoms with Crippen LogP contribution in [0.5, 0.6) is 0 Å². The molecule has 1 heteroatoms. The third kappa shape index (κ3) is 1.98. The first kappa shape index (κ1) is 17.4. The molecule has 2 aliphatic carbocycles. The lowest BCUT2D eigenvalue weighted by atomic mass is 9.92. The standard InChI is InChI=1S/C33H21N/c1-3-9-25-19(6-1)15-24-17-30-29(18-28(24)25)27-11-5-8-22-16-23-13-12-21-14-20-7-2-4-10-26(20)31(21)33(23)34(30)32(22)27/h1-13,17-18H,14-16H2. The normalized spacial score (nSPS) is 14.1. The predicted molar refractivity (Wildman–Crippen MR) is 140 cm³/mol. The SMILES string of the molecule is c1ccc2c(c1)Cc1cc3c(cc1-2)c1cccc2c1n3-c1c(ccc3c1-c1ccccc1C3)C2. The molecular formula is C33H21N. The highest BCUT2D eigenvalue weighted by Gasteiger charge is 2.30. The molecule has 0 spiro atoms. The Morgan fingerprint density at radius 3 is 2.09 bits per heavy atom. The second kappa shape index (κ2) is 5.87. The average Bonchev–Trinajstić information content (AvgIpc) is 3.53. The molecule has 0 bridgehead atoms.